The van der Waals surface area contributed by atoms with E-state index in [0.717, 1.165) is 27.6 Å². The van der Waals surface area contributed by atoms with E-state index in [1.54, 1.807) is 17.7 Å². The lowest BCUT2D eigenvalue weighted by Crippen LogP contribution is -2.25. The Bertz CT molecular complexity index is 1300. The van der Waals surface area contributed by atoms with Crippen LogP contribution in [-0.4, -0.2) is 10.4 Å². The zero-order valence-electron chi connectivity index (χ0n) is 16.4. The van der Waals surface area contributed by atoms with Crippen molar-refractivity contribution >= 4 is 22.8 Å². The number of nitrogens with zero attached hydrogens (tertiary/aromatic N) is 1. The van der Waals surface area contributed by atoms with Gasteiger partial charge in [0.1, 0.15) is 0 Å². The lowest BCUT2D eigenvalue weighted by molar-refractivity contribution is 0.104. The second-order valence-corrected chi connectivity index (χ2v) is 7.11. The standard InChI is InChI=1S/C26H21NO2/c1-18-9-8-10-19(17-18)15-16-23(28)25-24(20-11-4-3-5-12-20)21-13-6-7-14-22(21)27(2)26(25)29/h3-17H,1-2H3. The first-order valence-electron chi connectivity index (χ1n) is 9.52. The molecule has 0 bridgehead atoms. The van der Waals surface area contributed by atoms with Crippen molar-refractivity contribution in [1.82, 2.24) is 4.57 Å². The summed E-state index contributed by atoms with van der Waals surface area (Å²) in [5, 5.41) is 0.883. The minimum Gasteiger partial charge on any atom is -0.311 e. The summed E-state index contributed by atoms with van der Waals surface area (Å²) in [6.45, 7) is 2.01. The highest BCUT2D eigenvalue weighted by atomic mass is 16.1. The van der Waals surface area contributed by atoms with Crippen LogP contribution in [0.15, 0.2) is 89.7 Å². The molecule has 0 radical (unpaired) electrons. The van der Waals surface area contributed by atoms with Crippen LogP contribution in [0.5, 0.6) is 0 Å². The van der Waals surface area contributed by atoms with Crippen molar-refractivity contribution in [3.8, 4) is 11.1 Å². The molecule has 3 heteroatoms. The van der Waals surface area contributed by atoms with Gasteiger partial charge in [0.25, 0.3) is 5.56 Å². The zero-order valence-corrected chi connectivity index (χ0v) is 16.4. The second-order valence-electron chi connectivity index (χ2n) is 7.11. The number of hydrogen-bond donors (Lipinski definition) is 0. The number of rotatable bonds is 4. The fraction of sp³-hybridized carbons (Fsp3) is 0.0769. The molecule has 0 aliphatic heterocycles. The van der Waals surface area contributed by atoms with Gasteiger partial charge in [0.15, 0.2) is 5.78 Å². The molecule has 3 nitrogen and oxygen atoms in total. The van der Waals surface area contributed by atoms with Crippen LogP contribution in [0.4, 0.5) is 0 Å². The number of para-hydroxylation sites is 1. The molecular formula is C26H21NO2. The van der Waals surface area contributed by atoms with Gasteiger partial charge in [0.2, 0.25) is 0 Å². The van der Waals surface area contributed by atoms with Gasteiger partial charge in [-0.05, 0) is 30.2 Å². The Morgan fingerprint density at radius 2 is 1.62 bits per heavy atom. The molecule has 1 aromatic heterocycles. The maximum absolute atomic E-state index is 13.2. The molecule has 0 amide bonds. The molecule has 0 aliphatic carbocycles. The summed E-state index contributed by atoms with van der Waals surface area (Å²) in [6, 6.07) is 25.2. The number of benzene rings is 3. The van der Waals surface area contributed by atoms with Crippen molar-refractivity contribution in [2.24, 2.45) is 7.05 Å². The fourth-order valence-electron chi connectivity index (χ4n) is 3.66. The Morgan fingerprint density at radius 3 is 2.38 bits per heavy atom. The third kappa shape index (κ3) is 3.55. The molecule has 0 saturated carbocycles. The third-order valence-electron chi connectivity index (χ3n) is 5.08. The quantitative estimate of drug-likeness (QED) is 0.351. The highest BCUT2D eigenvalue weighted by Crippen LogP contribution is 2.30. The molecule has 0 saturated heterocycles. The number of hydrogen-bond acceptors (Lipinski definition) is 2. The summed E-state index contributed by atoms with van der Waals surface area (Å²) in [6.07, 6.45) is 3.26. The summed E-state index contributed by atoms with van der Waals surface area (Å²) in [4.78, 5) is 26.4. The predicted molar refractivity (Wildman–Crippen MR) is 119 cm³/mol. The van der Waals surface area contributed by atoms with E-state index in [1.807, 2.05) is 85.8 Å². The van der Waals surface area contributed by atoms with E-state index in [-0.39, 0.29) is 16.9 Å². The minimum absolute atomic E-state index is 0.196. The first-order valence-corrected chi connectivity index (χ1v) is 9.52. The SMILES string of the molecule is Cc1cccc(C=CC(=O)c2c(-c3ccccc3)c3ccccc3n(C)c2=O)c1. The van der Waals surface area contributed by atoms with Crippen molar-refractivity contribution in [3.05, 3.63) is 112 Å². The number of pyridine rings is 1. The number of aromatic nitrogens is 1. The topological polar surface area (TPSA) is 39.1 Å². The maximum Gasteiger partial charge on any atom is 0.262 e. The molecule has 0 atom stereocenters. The van der Waals surface area contributed by atoms with Crippen LogP contribution < -0.4 is 5.56 Å². The summed E-state index contributed by atoms with van der Waals surface area (Å²) < 4.78 is 1.55. The van der Waals surface area contributed by atoms with Gasteiger partial charge in [-0.15, -0.1) is 0 Å². The summed E-state index contributed by atoms with van der Waals surface area (Å²) in [5.41, 5.74) is 4.29. The number of carbonyl (C=O) groups is 1. The molecule has 29 heavy (non-hydrogen) atoms. The van der Waals surface area contributed by atoms with E-state index in [1.165, 1.54) is 6.08 Å². The van der Waals surface area contributed by atoms with E-state index in [4.69, 9.17) is 0 Å². The molecule has 0 N–H and O–H groups in total. The summed E-state index contributed by atoms with van der Waals surface area (Å²) >= 11 is 0. The lowest BCUT2D eigenvalue weighted by atomic mass is 9.93. The molecular weight excluding hydrogens is 358 g/mol. The second kappa shape index (κ2) is 7.72. The molecule has 142 valence electrons. The van der Waals surface area contributed by atoms with Gasteiger partial charge in [-0.3, -0.25) is 9.59 Å². The van der Waals surface area contributed by atoms with E-state index in [2.05, 4.69) is 0 Å². The van der Waals surface area contributed by atoms with Crippen LogP contribution >= 0.6 is 0 Å². The first kappa shape index (κ1) is 18.6. The Morgan fingerprint density at radius 1 is 0.897 bits per heavy atom. The smallest absolute Gasteiger partial charge is 0.262 e. The highest BCUT2D eigenvalue weighted by molar-refractivity contribution is 6.15. The lowest BCUT2D eigenvalue weighted by Gasteiger charge is -2.14. The van der Waals surface area contributed by atoms with Gasteiger partial charge in [-0.25, -0.2) is 0 Å². The van der Waals surface area contributed by atoms with Gasteiger partial charge >= 0.3 is 0 Å². The van der Waals surface area contributed by atoms with E-state index in [0.29, 0.717) is 5.56 Å². The van der Waals surface area contributed by atoms with Gasteiger partial charge in [0.05, 0.1) is 11.1 Å². The zero-order chi connectivity index (χ0) is 20.4. The minimum atomic E-state index is -0.295. The molecule has 0 aliphatic rings. The number of ketones is 1. The Hall–Kier alpha value is -3.72. The highest BCUT2D eigenvalue weighted by Gasteiger charge is 2.20. The van der Waals surface area contributed by atoms with Gasteiger partial charge in [-0.2, -0.15) is 0 Å². The number of aryl methyl sites for hydroxylation is 2. The van der Waals surface area contributed by atoms with Gasteiger partial charge in [-0.1, -0.05) is 84.4 Å². The Labute approximate surface area is 169 Å². The molecule has 4 rings (SSSR count). The van der Waals surface area contributed by atoms with Crippen molar-refractivity contribution in [3.63, 3.8) is 0 Å². The average molecular weight is 379 g/mol. The monoisotopic (exact) mass is 379 g/mol. The first-order chi connectivity index (χ1) is 14.1. The van der Waals surface area contributed by atoms with Crippen LogP contribution in [0.2, 0.25) is 0 Å². The largest absolute Gasteiger partial charge is 0.311 e. The maximum atomic E-state index is 13.2. The van der Waals surface area contributed by atoms with Gasteiger partial charge in [0, 0.05) is 18.0 Å². The average Bonchev–Trinajstić information content (AvgIpc) is 2.75. The van der Waals surface area contributed by atoms with Crippen molar-refractivity contribution in [1.29, 1.82) is 0 Å². The number of fused-ring (bicyclic) bond motifs is 1. The van der Waals surface area contributed by atoms with Crippen LogP contribution in [-0.2, 0) is 7.05 Å². The fourth-order valence-corrected chi connectivity index (χ4v) is 3.66. The molecule has 0 fully saturated rings. The predicted octanol–water partition coefficient (Wildman–Crippen LogP) is 5.41. The molecule has 0 unspecified atom stereocenters. The molecule has 4 aromatic rings. The van der Waals surface area contributed by atoms with Crippen molar-refractivity contribution < 1.29 is 4.79 Å². The van der Waals surface area contributed by atoms with E-state index >= 15 is 0 Å². The number of allylic oxidation sites excluding steroid dienone is 1. The van der Waals surface area contributed by atoms with Crippen molar-refractivity contribution in [2.75, 3.05) is 0 Å². The van der Waals surface area contributed by atoms with Crippen LogP contribution in [0.3, 0.4) is 0 Å². The molecule has 1 heterocycles. The Kier molecular flexibility index (Phi) is 4.96. The molecule has 0 spiro atoms. The number of carbonyl (C=O) groups excluding carboxylic acids is 1. The Balaban J connectivity index is 1.95. The third-order valence-corrected chi connectivity index (χ3v) is 5.08. The molecule has 3 aromatic carbocycles. The summed E-state index contributed by atoms with van der Waals surface area (Å²) in [7, 11) is 1.71. The normalized spacial score (nSPS) is 11.2. The van der Waals surface area contributed by atoms with Gasteiger partial charge < -0.3 is 4.57 Å². The van der Waals surface area contributed by atoms with E-state index in [9.17, 15) is 9.59 Å². The van der Waals surface area contributed by atoms with Crippen molar-refractivity contribution in [2.45, 2.75) is 6.92 Å². The summed E-state index contributed by atoms with van der Waals surface area (Å²) in [5.74, 6) is -0.295. The van der Waals surface area contributed by atoms with Crippen LogP contribution in [0.1, 0.15) is 21.5 Å². The van der Waals surface area contributed by atoms with E-state index < -0.39 is 0 Å². The van der Waals surface area contributed by atoms with Crippen LogP contribution in [0.25, 0.3) is 28.1 Å². The van der Waals surface area contributed by atoms with Crippen LogP contribution in [0, 0.1) is 6.92 Å².